The smallest absolute Gasteiger partial charge is 0.217 e. The summed E-state index contributed by atoms with van der Waals surface area (Å²) in [4.78, 5) is 2.07. The van der Waals surface area contributed by atoms with Gasteiger partial charge in [-0.2, -0.15) is 0 Å². The van der Waals surface area contributed by atoms with Crippen LogP contribution in [0.5, 0.6) is 5.75 Å². The van der Waals surface area contributed by atoms with Crippen LogP contribution in [-0.2, 0) is 10.0 Å². The Morgan fingerprint density at radius 3 is 2.81 bits per heavy atom. The van der Waals surface area contributed by atoms with E-state index in [1.165, 1.54) is 0 Å². The number of rotatable bonds is 6. The van der Waals surface area contributed by atoms with Crippen molar-refractivity contribution in [1.82, 2.24) is 9.21 Å². The maximum absolute atomic E-state index is 12.3. The molecule has 0 radical (unpaired) electrons. The molecule has 1 aromatic rings. The number of anilines is 1. The van der Waals surface area contributed by atoms with Crippen molar-refractivity contribution in [1.29, 1.82) is 0 Å². The number of ether oxygens (including phenoxy) is 1. The number of nitrogens with zero attached hydrogens (tertiary/aromatic N) is 2. The van der Waals surface area contributed by atoms with Crippen molar-refractivity contribution < 1.29 is 13.2 Å². The van der Waals surface area contributed by atoms with Gasteiger partial charge in [0.1, 0.15) is 12.4 Å². The maximum atomic E-state index is 12.3. The summed E-state index contributed by atoms with van der Waals surface area (Å²) >= 11 is 0. The summed E-state index contributed by atoms with van der Waals surface area (Å²) in [6.45, 7) is 1.28. The lowest BCUT2D eigenvalue weighted by molar-refractivity contribution is 0.300. The van der Waals surface area contributed by atoms with Gasteiger partial charge in [0.05, 0.1) is 5.75 Å². The van der Waals surface area contributed by atoms with Crippen LogP contribution in [0.15, 0.2) is 24.3 Å². The maximum Gasteiger partial charge on any atom is 0.217 e. The molecule has 1 atom stereocenters. The first-order valence-corrected chi connectivity index (χ1v) is 8.62. The molecule has 0 bridgehead atoms. The van der Waals surface area contributed by atoms with Gasteiger partial charge in [-0.25, -0.2) is 12.7 Å². The summed E-state index contributed by atoms with van der Waals surface area (Å²) < 4.78 is 31.5. The van der Waals surface area contributed by atoms with E-state index >= 15 is 0 Å². The normalized spacial score (nSPS) is 20.0. The molecule has 1 aliphatic rings. The van der Waals surface area contributed by atoms with Gasteiger partial charge < -0.3 is 15.4 Å². The van der Waals surface area contributed by atoms with E-state index in [2.05, 4.69) is 4.90 Å². The molecule has 1 fully saturated rings. The number of likely N-dealkylation sites (N-methyl/N-ethyl adjacent to an activating group) is 1. The van der Waals surface area contributed by atoms with Crippen LogP contribution in [-0.4, -0.2) is 63.2 Å². The van der Waals surface area contributed by atoms with E-state index in [1.54, 1.807) is 28.6 Å². The largest absolute Gasteiger partial charge is 0.492 e. The van der Waals surface area contributed by atoms with Crippen LogP contribution in [0, 0.1) is 0 Å². The zero-order valence-electron chi connectivity index (χ0n) is 12.5. The Labute approximate surface area is 126 Å². The van der Waals surface area contributed by atoms with Crippen molar-refractivity contribution in [2.75, 3.05) is 45.3 Å². The Kier molecular flexibility index (Phi) is 5.08. The third kappa shape index (κ3) is 4.33. The summed E-state index contributed by atoms with van der Waals surface area (Å²) in [5, 5.41) is 0. The lowest BCUT2D eigenvalue weighted by atomic mass is 10.2. The molecule has 2 N–H and O–H groups in total. The molecule has 0 saturated carbocycles. The first kappa shape index (κ1) is 16.1. The van der Waals surface area contributed by atoms with Crippen LogP contribution < -0.4 is 10.5 Å². The predicted octanol–water partition coefficient (Wildman–Crippen LogP) is 0.613. The Bertz CT molecular complexity index is 575. The molecule has 118 valence electrons. The van der Waals surface area contributed by atoms with Crippen molar-refractivity contribution in [2.24, 2.45) is 0 Å². The van der Waals surface area contributed by atoms with Crippen molar-refractivity contribution in [3.8, 4) is 5.75 Å². The van der Waals surface area contributed by atoms with Gasteiger partial charge in [0, 0.05) is 30.9 Å². The summed E-state index contributed by atoms with van der Waals surface area (Å²) in [6, 6.07) is 7.29. The molecule has 1 aliphatic heterocycles. The molecular formula is C14H23N3O3S. The minimum absolute atomic E-state index is 0.0120. The lowest BCUT2D eigenvalue weighted by Gasteiger charge is -2.20. The van der Waals surface area contributed by atoms with Gasteiger partial charge in [-0.1, -0.05) is 6.07 Å². The standard InChI is InChI=1S/C14H23N3O3S/c1-16(2)13-6-7-17(11-13)21(18,19)9-8-20-14-5-3-4-12(15)10-14/h3-5,10,13H,6-9,11,15H2,1-2H3. The van der Waals surface area contributed by atoms with Crippen LogP contribution in [0.4, 0.5) is 5.69 Å². The molecule has 1 saturated heterocycles. The fraction of sp³-hybridized carbons (Fsp3) is 0.571. The number of sulfonamides is 1. The van der Waals surface area contributed by atoms with Crippen LogP contribution in [0.2, 0.25) is 0 Å². The van der Waals surface area contributed by atoms with Crippen molar-refractivity contribution in [3.05, 3.63) is 24.3 Å². The van der Waals surface area contributed by atoms with E-state index in [0.717, 1.165) is 6.42 Å². The average molecular weight is 313 g/mol. The first-order chi connectivity index (χ1) is 9.88. The molecule has 0 spiro atoms. The molecule has 6 nitrogen and oxygen atoms in total. The van der Waals surface area contributed by atoms with E-state index in [-0.39, 0.29) is 12.4 Å². The minimum atomic E-state index is -3.26. The highest BCUT2D eigenvalue weighted by molar-refractivity contribution is 7.89. The second-order valence-electron chi connectivity index (χ2n) is 5.50. The topological polar surface area (TPSA) is 75.9 Å². The third-order valence-corrected chi connectivity index (χ3v) is 5.52. The fourth-order valence-electron chi connectivity index (χ4n) is 2.38. The molecule has 1 aromatic carbocycles. The highest BCUT2D eigenvalue weighted by Crippen LogP contribution is 2.18. The number of nitrogen functional groups attached to an aromatic ring is 1. The van der Waals surface area contributed by atoms with Gasteiger partial charge >= 0.3 is 0 Å². The molecule has 21 heavy (non-hydrogen) atoms. The summed E-state index contributed by atoms with van der Waals surface area (Å²) in [7, 11) is 0.696. The molecule has 0 aromatic heterocycles. The van der Waals surface area contributed by atoms with E-state index < -0.39 is 10.0 Å². The Morgan fingerprint density at radius 2 is 2.19 bits per heavy atom. The summed E-state index contributed by atoms with van der Waals surface area (Å²) in [6.07, 6.45) is 0.877. The second-order valence-corrected chi connectivity index (χ2v) is 7.59. The van der Waals surface area contributed by atoms with Gasteiger partial charge in [0.15, 0.2) is 0 Å². The van der Waals surface area contributed by atoms with Crippen molar-refractivity contribution >= 4 is 15.7 Å². The Hall–Kier alpha value is -1.31. The predicted molar refractivity (Wildman–Crippen MR) is 83.8 cm³/mol. The third-order valence-electron chi connectivity index (χ3n) is 3.72. The van der Waals surface area contributed by atoms with E-state index in [4.69, 9.17) is 10.5 Å². The molecule has 7 heteroatoms. The van der Waals surface area contributed by atoms with Crippen LogP contribution in [0.1, 0.15) is 6.42 Å². The number of benzene rings is 1. The zero-order valence-corrected chi connectivity index (χ0v) is 13.3. The highest BCUT2D eigenvalue weighted by atomic mass is 32.2. The first-order valence-electron chi connectivity index (χ1n) is 7.01. The number of hydrogen-bond acceptors (Lipinski definition) is 5. The van der Waals surface area contributed by atoms with Gasteiger partial charge in [-0.05, 0) is 32.6 Å². The molecule has 0 aliphatic carbocycles. The molecule has 1 unspecified atom stereocenters. The molecular weight excluding hydrogens is 290 g/mol. The zero-order chi connectivity index (χ0) is 15.5. The molecule has 1 heterocycles. The van der Waals surface area contributed by atoms with Crippen LogP contribution in [0.3, 0.4) is 0 Å². The van der Waals surface area contributed by atoms with Gasteiger partial charge in [0.2, 0.25) is 10.0 Å². The van der Waals surface area contributed by atoms with Gasteiger partial charge in [-0.15, -0.1) is 0 Å². The quantitative estimate of drug-likeness (QED) is 0.779. The summed E-state index contributed by atoms with van der Waals surface area (Å²) in [5.41, 5.74) is 6.25. The summed E-state index contributed by atoms with van der Waals surface area (Å²) in [5.74, 6) is 0.583. The van der Waals surface area contributed by atoms with Crippen molar-refractivity contribution in [2.45, 2.75) is 12.5 Å². The number of hydrogen-bond donors (Lipinski definition) is 1. The highest BCUT2D eigenvalue weighted by Gasteiger charge is 2.31. The Morgan fingerprint density at radius 1 is 1.43 bits per heavy atom. The van der Waals surface area contributed by atoms with Crippen LogP contribution >= 0.6 is 0 Å². The van der Waals surface area contributed by atoms with Crippen LogP contribution in [0.25, 0.3) is 0 Å². The van der Waals surface area contributed by atoms with E-state index in [0.29, 0.717) is 30.6 Å². The fourth-order valence-corrected chi connectivity index (χ4v) is 3.72. The van der Waals surface area contributed by atoms with Gasteiger partial charge in [-0.3, -0.25) is 0 Å². The number of nitrogens with two attached hydrogens (primary N) is 1. The molecule has 2 rings (SSSR count). The minimum Gasteiger partial charge on any atom is -0.492 e. The van der Waals surface area contributed by atoms with Crippen molar-refractivity contribution in [3.63, 3.8) is 0 Å². The monoisotopic (exact) mass is 313 g/mol. The Balaban J connectivity index is 1.85. The van der Waals surface area contributed by atoms with E-state index in [9.17, 15) is 8.42 Å². The molecule has 0 amide bonds. The van der Waals surface area contributed by atoms with Gasteiger partial charge in [0.25, 0.3) is 0 Å². The second kappa shape index (κ2) is 6.64. The SMILES string of the molecule is CN(C)C1CCN(S(=O)(=O)CCOc2cccc(N)c2)C1. The lowest BCUT2D eigenvalue weighted by Crippen LogP contribution is -2.36. The van der Waals surface area contributed by atoms with E-state index in [1.807, 2.05) is 14.1 Å². The average Bonchev–Trinajstić information content (AvgIpc) is 2.89.